The number of rotatable bonds is 3. The van der Waals surface area contributed by atoms with Crippen LogP contribution in [0.5, 0.6) is 0 Å². The van der Waals surface area contributed by atoms with Crippen molar-refractivity contribution in [2.24, 2.45) is 0 Å². The summed E-state index contributed by atoms with van der Waals surface area (Å²) in [4.78, 5) is 12.1. The normalized spacial score (nSPS) is 10.9. The van der Waals surface area contributed by atoms with Gasteiger partial charge in [-0.25, -0.2) is 0 Å². The molecule has 0 radical (unpaired) electrons. The van der Waals surface area contributed by atoms with Crippen LogP contribution < -0.4 is 5.43 Å². The number of nitrogens with one attached hydrogen (secondary N) is 1. The molecular weight excluding hydrogens is 250 g/mol. The van der Waals surface area contributed by atoms with E-state index in [1.165, 1.54) is 0 Å². The molecule has 1 heterocycles. The quantitative estimate of drug-likeness (QED) is 0.685. The van der Waals surface area contributed by atoms with Crippen LogP contribution in [-0.2, 0) is 4.79 Å². The molecule has 1 aromatic heterocycles. The van der Waals surface area contributed by atoms with Crippen LogP contribution in [0, 0.1) is 25.2 Å². The zero-order valence-electron chi connectivity index (χ0n) is 11.4. The van der Waals surface area contributed by atoms with Gasteiger partial charge in [0.15, 0.2) is 0 Å². The van der Waals surface area contributed by atoms with Crippen molar-refractivity contribution >= 4 is 12.0 Å². The minimum atomic E-state index is -0.418. The minimum Gasteiger partial charge on any atom is -0.267 e. The highest BCUT2D eigenvalue weighted by atomic mass is 16.2. The first-order valence-corrected chi connectivity index (χ1v) is 6.25. The van der Waals surface area contributed by atoms with E-state index in [9.17, 15) is 4.79 Å². The second-order valence-corrected chi connectivity index (χ2v) is 4.47. The summed E-state index contributed by atoms with van der Waals surface area (Å²) in [5, 5.41) is 9.14. The summed E-state index contributed by atoms with van der Waals surface area (Å²) < 4.78 is 1.67. The van der Waals surface area contributed by atoms with E-state index >= 15 is 0 Å². The molecule has 0 unspecified atom stereocenters. The van der Waals surface area contributed by atoms with E-state index in [1.807, 2.05) is 62.4 Å². The lowest BCUT2D eigenvalue weighted by atomic mass is 10.1. The Bertz CT molecular complexity index is 671. The maximum absolute atomic E-state index is 12.1. The molecule has 0 fully saturated rings. The van der Waals surface area contributed by atoms with Crippen LogP contribution in [0.3, 0.4) is 0 Å². The number of amides is 1. The maximum atomic E-state index is 12.1. The standard InChI is InChI=1S/C16H15N3O/c1-12-8-9-13(2)19(12)18-16(20)15(11-17)10-14-6-4-3-5-7-14/h3-10H,1-2H3,(H,18,20)/b15-10-. The molecule has 0 atom stereocenters. The number of nitrogens with zero attached hydrogens (tertiary/aromatic N) is 2. The van der Waals surface area contributed by atoms with Gasteiger partial charge in [-0.1, -0.05) is 30.3 Å². The molecule has 1 aromatic carbocycles. The highest BCUT2D eigenvalue weighted by Crippen LogP contribution is 2.09. The molecule has 100 valence electrons. The largest absolute Gasteiger partial charge is 0.280 e. The summed E-state index contributed by atoms with van der Waals surface area (Å²) >= 11 is 0. The first-order valence-electron chi connectivity index (χ1n) is 6.25. The van der Waals surface area contributed by atoms with Gasteiger partial charge in [-0.05, 0) is 37.6 Å². The molecule has 2 rings (SSSR count). The van der Waals surface area contributed by atoms with Gasteiger partial charge in [0.1, 0.15) is 11.6 Å². The van der Waals surface area contributed by atoms with Crippen LogP contribution in [-0.4, -0.2) is 10.6 Å². The van der Waals surface area contributed by atoms with Crippen LogP contribution in [0.25, 0.3) is 6.08 Å². The van der Waals surface area contributed by atoms with Gasteiger partial charge in [0.25, 0.3) is 5.91 Å². The number of aromatic nitrogens is 1. The smallest absolute Gasteiger partial charge is 0.267 e. The molecule has 1 N–H and O–H groups in total. The lowest BCUT2D eigenvalue weighted by Crippen LogP contribution is -2.25. The maximum Gasteiger partial charge on any atom is 0.280 e. The van der Waals surface area contributed by atoms with Crippen LogP contribution in [0.1, 0.15) is 17.0 Å². The third-order valence-electron chi connectivity index (χ3n) is 2.96. The third kappa shape index (κ3) is 2.96. The first-order chi connectivity index (χ1) is 9.61. The predicted molar refractivity (Wildman–Crippen MR) is 78.3 cm³/mol. The Morgan fingerprint density at radius 2 is 1.75 bits per heavy atom. The van der Waals surface area contributed by atoms with Crippen LogP contribution in [0.2, 0.25) is 0 Å². The Hall–Kier alpha value is -2.80. The van der Waals surface area contributed by atoms with E-state index in [1.54, 1.807) is 10.8 Å². The second-order valence-electron chi connectivity index (χ2n) is 4.47. The Kier molecular flexibility index (Phi) is 4.02. The average molecular weight is 265 g/mol. The fraction of sp³-hybridized carbons (Fsp3) is 0.125. The van der Waals surface area contributed by atoms with Gasteiger partial charge in [-0.2, -0.15) is 5.26 Å². The van der Waals surface area contributed by atoms with Crippen molar-refractivity contribution in [2.45, 2.75) is 13.8 Å². The van der Waals surface area contributed by atoms with Crippen LogP contribution in [0.4, 0.5) is 0 Å². The van der Waals surface area contributed by atoms with Gasteiger partial charge in [-0.3, -0.25) is 14.9 Å². The highest BCUT2D eigenvalue weighted by Gasteiger charge is 2.11. The van der Waals surface area contributed by atoms with Gasteiger partial charge in [0.05, 0.1) is 0 Å². The first kappa shape index (κ1) is 13.6. The highest BCUT2D eigenvalue weighted by molar-refractivity contribution is 6.06. The van der Waals surface area contributed by atoms with E-state index in [-0.39, 0.29) is 5.57 Å². The Balaban J connectivity index is 2.23. The van der Waals surface area contributed by atoms with Gasteiger partial charge in [0, 0.05) is 11.4 Å². The molecule has 20 heavy (non-hydrogen) atoms. The van der Waals surface area contributed by atoms with Gasteiger partial charge >= 0.3 is 0 Å². The fourth-order valence-electron chi connectivity index (χ4n) is 1.87. The SMILES string of the molecule is Cc1ccc(C)n1NC(=O)/C(C#N)=C\c1ccccc1. The monoisotopic (exact) mass is 265 g/mol. The van der Waals surface area contributed by atoms with E-state index < -0.39 is 5.91 Å². The molecule has 0 saturated heterocycles. The van der Waals surface area contributed by atoms with E-state index in [4.69, 9.17) is 5.26 Å². The van der Waals surface area contributed by atoms with E-state index in [0.717, 1.165) is 17.0 Å². The summed E-state index contributed by atoms with van der Waals surface area (Å²) in [7, 11) is 0. The summed E-state index contributed by atoms with van der Waals surface area (Å²) in [6.07, 6.45) is 1.57. The lowest BCUT2D eigenvalue weighted by molar-refractivity contribution is -0.113. The van der Waals surface area contributed by atoms with Crippen molar-refractivity contribution in [1.82, 2.24) is 4.68 Å². The topological polar surface area (TPSA) is 57.8 Å². The number of carbonyl (C=O) groups excluding carboxylic acids is 1. The number of aryl methyl sites for hydroxylation is 2. The van der Waals surface area contributed by atoms with Crippen LogP contribution in [0.15, 0.2) is 48.0 Å². The number of benzene rings is 1. The molecule has 1 amide bonds. The summed E-state index contributed by atoms with van der Waals surface area (Å²) in [5.74, 6) is -0.418. The summed E-state index contributed by atoms with van der Waals surface area (Å²) in [6, 6.07) is 15.0. The van der Waals surface area contributed by atoms with Gasteiger partial charge in [-0.15, -0.1) is 0 Å². The Morgan fingerprint density at radius 3 is 2.30 bits per heavy atom. The summed E-state index contributed by atoms with van der Waals surface area (Å²) in [5.41, 5.74) is 5.43. The average Bonchev–Trinajstić information content (AvgIpc) is 2.77. The molecule has 0 bridgehead atoms. The van der Waals surface area contributed by atoms with Crippen molar-refractivity contribution < 1.29 is 4.79 Å². The van der Waals surface area contributed by atoms with Gasteiger partial charge < -0.3 is 0 Å². The number of nitriles is 1. The molecule has 0 aliphatic rings. The number of hydrogen-bond acceptors (Lipinski definition) is 2. The fourth-order valence-corrected chi connectivity index (χ4v) is 1.87. The van der Waals surface area contributed by atoms with Crippen molar-refractivity contribution in [3.05, 3.63) is 65.0 Å². The molecule has 0 aliphatic carbocycles. The zero-order valence-corrected chi connectivity index (χ0v) is 11.4. The summed E-state index contributed by atoms with van der Waals surface area (Å²) in [6.45, 7) is 3.78. The van der Waals surface area contributed by atoms with Crippen molar-refractivity contribution in [3.8, 4) is 6.07 Å². The second kappa shape index (κ2) is 5.89. The Labute approximate surface area is 117 Å². The minimum absolute atomic E-state index is 0.0729. The lowest BCUT2D eigenvalue weighted by Gasteiger charge is -2.10. The molecule has 0 saturated carbocycles. The van der Waals surface area contributed by atoms with E-state index in [0.29, 0.717) is 0 Å². The van der Waals surface area contributed by atoms with Crippen LogP contribution >= 0.6 is 0 Å². The molecule has 0 spiro atoms. The Morgan fingerprint density at radius 1 is 1.15 bits per heavy atom. The number of hydrogen-bond donors (Lipinski definition) is 1. The third-order valence-corrected chi connectivity index (χ3v) is 2.96. The molecule has 0 aliphatic heterocycles. The molecular formula is C16H15N3O. The van der Waals surface area contributed by atoms with Crippen molar-refractivity contribution in [1.29, 1.82) is 5.26 Å². The number of carbonyl (C=O) groups is 1. The van der Waals surface area contributed by atoms with E-state index in [2.05, 4.69) is 5.43 Å². The zero-order chi connectivity index (χ0) is 14.5. The predicted octanol–water partition coefficient (Wildman–Crippen LogP) is 2.78. The van der Waals surface area contributed by atoms with Crippen molar-refractivity contribution in [3.63, 3.8) is 0 Å². The molecule has 4 nitrogen and oxygen atoms in total. The van der Waals surface area contributed by atoms with Crippen molar-refractivity contribution in [2.75, 3.05) is 5.43 Å². The molecule has 2 aromatic rings. The molecule has 4 heteroatoms. The van der Waals surface area contributed by atoms with Gasteiger partial charge in [0.2, 0.25) is 0 Å².